The van der Waals surface area contributed by atoms with Crippen LogP contribution in [0.1, 0.15) is 26.6 Å². The second-order valence-electron chi connectivity index (χ2n) is 5.64. The van der Waals surface area contributed by atoms with E-state index in [0.29, 0.717) is 27.0 Å². The molecule has 0 aliphatic rings. The fourth-order valence-corrected chi connectivity index (χ4v) is 3.06. The van der Waals surface area contributed by atoms with Crippen molar-refractivity contribution < 1.29 is 13.9 Å². The number of rotatable bonds is 6. The van der Waals surface area contributed by atoms with Gasteiger partial charge in [-0.25, -0.2) is 9.37 Å². The lowest BCUT2D eigenvalue weighted by atomic mass is 10.2. The van der Waals surface area contributed by atoms with Crippen LogP contribution in [0.4, 0.5) is 4.39 Å². The molecule has 134 valence electrons. The number of aromatic nitrogens is 1. The lowest BCUT2D eigenvalue weighted by Gasteiger charge is -2.06. The van der Waals surface area contributed by atoms with Crippen LogP contribution in [0.15, 0.2) is 47.8 Å². The molecule has 7 heteroatoms. The van der Waals surface area contributed by atoms with Crippen molar-refractivity contribution in [3.8, 4) is 5.75 Å². The lowest BCUT2D eigenvalue weighted by molar-refractivity contribution is 0.0946. The van der Waals surface area contributed by atoms with Gasteiger partial charge in [0, 0.05) is 16.9 Å². The molecule has 0 fully saturated rings. The van der Waals surface area contributed by atoms with Crippen LogP contribution in [0.5, 0.6) is 5.75 Å². The van der Waals surface area contributed by atoms with E-state index in [9.17, 15) is 9.18 Å². The minimum atomic E-state index is -0.331. The topological polar surface area (TPSA) is 51.2 Å². The molecule has 3 rings (SSSR count). The van der Waals surface area contributed by atoms with Crippen molar-refractivity contribution in [3.05, 3.63) is 80.5 Å². The van der Waals surface area contributed by atoms with Gasteiger partial charge in [0.05, 0.1) is 0 Å². The maximum atomic E-state index is 13.1. The van der Waals surface area contributed by atoms with Crippen LogP contribution in [-0.4, -0.2) is 10.9 Å². The van der Waals surface area contributed by atoms with E-state index in [0.717, 1.165) is 5.56 Å². The molecule has 0 saturated carbocycles. The highest BCUT2D eigenvalue weighted by Crippen LogP contribution is 2.22. The molecule has 26 heavy (non-hydrogen) atoms. The Balaban J connectivity index is 1.55. The van der Waals surface area contributed by atoms with Crippen LogP contribution in [0.3, 0.4) is 0 Å². The molecule has 4 nitrogen and oxygen atoms in total. The fraction of sp³-hybridized carbons (Fsp3) is 0.158. The summed E-state index contributed by atoms with van der Waals surface area (Å²) in [7, 11) is 0. The molecular weight excluding hydrogens is 375 g/mol. The van der Waals surface area contributed by atoms with Crippen molar-refractivity contribution in [2.45, 2.75) is 20.1 Å². The van der Waals surface area contributed by atoms with Gasteiger partial charge in [-0.1, -0.05) is 23.7 Å². The summed E-state index contributed by atoms with van der Waals surface area (Å²) in [6.45, 7) is 2.41. The maximum absolute atomic E-state index is 13.1. The third-order valence-electron chi connectivity index (χ3n) is 3.62. The summed E-state index contributed by atoms with van der Waals surface area (Å²) in [6, 6.07) is 11.5. The zero-order valence-corrected chi connectivity index (χ0v) is 15.5. The quantitative estimate of drug-likeness (QED) is 0.660. The Hall–Kier alpha value is -2.44. The van der Waals surface area contributed by atoms with Crippen LogP contribution < -0.4 is 10.1 Å². The molecule has 0 aliphatic heterocycles. The highest BCUT2D eigenvalue weighted by atomic mass is 35.5. The van der Waals surface area contributed by atoms with E-state index >= 15 is 0 Å². The molecule has 1 aromatic heterocycles. The van der Waals surface area contributed by atoms with Crippen molar-refractivity contribution >= 4 is 28.8 Å². The third-order valence-corrected chi connectivity index (χ3v) is 4.86. The van der Waals surface area contributed by atoms with Gasteiger partial charge in [-0.15, -0.1) is 11.3 Å². The average Bonchev–Trinajstić information content (AvgIpc) is 3.10. The molecule has 1 N–H and O–H groups in total. The first-order valence-corrected chi connectivity index (χ1v) is 9.13. The number of ether oxygens (including phenoxy) is 1. The SMILES string of the molecule is Cc1cc(OCc2nc(C(=O)NCc3cccc(F)c3)cs2)ccc1Cl. The summed E-state index contributed by atoms with van der Waals surface area (Å²) >= 11 is 7.33. The van der Waals surface area contributed by atoms with E-state index in [4.69, 9.17) is 16.3 Å². The normalized spacial score (nSPS) is 10.6. The molecular formula is C19H16ClFN2O2S. The Morgan fingerprint density at radius 3 is 2.92 bits per heavy atom. The largest absolute Gasteiger partial charge is 0.486 e. The number of hydrogen-bond donors (Lipinski definition) is 1. The molecule has 0 radical (unpaired) electrons. The minimum Gasteiger partial charge on any atom is -0.486 e. The average molecular weight is 391 g/mol. The molecule has 1 heterocycles. The summed E-state index contributed by atoms with van der Waals surface area (Å²) in [5, 5.41) is 5.77. The predicted molar refractivity (Wildman–Crippen MR) is 100 cm³/mol. The van der Waals surface area contributed by atoms with Gasteiger partial charge in [-0.2, -0.15) is 0 Å². The number of nitrogens with zero attached hydrogens (tertiary/aromatic N) is 1. The molecule has 1 amide bonds. The zero-order valence-electron chi connectivity index (χ0n) is 14.0. The Bertz CT molecular complexity index is 929. The Kier molecular flexibility index (Phi) is 5.85. The molecule has 3 aromatic rings. The van der Waals surface area contributed by atoms with E-state index in [1.165, 1.54) is 23.5 Å². The standard InChI is InChI=1S/C19H16ClFN2O2S/c1-12-7-15(5-6-16(12)20)25-10-18-23-17(11-26-18)19(24)22-9-13-3-2-4-14(21)8-13/h2-8,11H,9-10H2,1H3,(H,22,24). The molecule has 2 aromatic carbocycles. The predicted octanol–water partition coefficient (Wildman–Crippen LogP) is 4.75. The Morgan fingerprint density at radius 1 is 1.31 bits per heavy atom. The Labute approximate surface area is 159 Å². The van der Waals surface area contributed by atoms with Gasteiger partial charge in [0.25, 0.3) is 5.91 Å². The van der Waals surface area contributed by atoms with Crippen LogP contribution in [0.25, 0.3) is 0 Å². The van der Waals surface area contributed by atoms with Gasteiger partial charge in [0.15, 0.2) is 0 Å². The van der Waals surface area contributed by atoms with Gasteiger partial charge >= 0.3 is 0 Å². The van der Waals surface area contributed by atoms with E-state index in [-0.39, 0.29) is 24.9 Å². The summed E-state index contributed by atoms with van der Waals surface area (Å²) in [5.74, 6) is 0.0561. The van der Waals surface area contributed by atoms with Gasteiger partial charge in [-0.05, 0) is 48.4 Å². The maximum Gasteiger partial charge on any atom is 0.271 e. The number of hydrogen-bond acceptors (Lipinski definition) is 4. The van der Waals surface area contributed by atoms with Crippen molar-refractivity contribution in [1.29, 1.82) is 0 Å². The summed E-state index contributed by atoms with van der Waals surface area (Å²) in [4.78, 5) is 16.4. The number of carbonyl (C=O) groups is 1. The first-order chi connectivity index (χ1) is 12.5. The van der Waals surface area contributed by atoms with Gasteiger partial charge in [0.2, 0.25) is 0 Å². The van der Waals surface area contributed by atoms with Gasteiger partial charge < -0.3 is 10.1 Å². The minimum absolute atomic E-state index is 0.240. The Morgan fingerprint density at radius 2 is 2.15 bits per heavy atom. The van der Waals surface area contributed by atoms with E-state index in [1.807, 2.05) is 13.0 Å². The smallest absolute Gasteiger partial charge is 0.271 e. The van der Waals surface area contributed by atoms with Gasteiger partial charge in [-0.3, -0.25) is 4.79 Å². The molecule has 0 atom stereocenters. The fourth-order valence-electron chi connectivity index (χ4n) is 2.25. The monoisotopic (exact) mass is 390 g/mol. The number of nitrogens with one attached hydrogen (secondary N) is 1. The molecule has 0 bridgehead atoms. The van der Waals surface area contributed by atoms with Crippen molar-refractivity contribution in [2.75, 3.05) is 0 Å². The summed E-state index contributed by atoms with van der Waals surface area (Å²) in [5.41, 5.74) is 1.94. The van der Waals surface area contributed by atoms with Crippen molar-refractivity contribution in [3.63, 3.8) is 0 Å². The van der Waals surface area contributed by atoms with E-state index in [1.54, 1.807) is 29.6 Å². The van der Waals surface area contributed by atoms with E-state index in [2.05, 4.69) is 10.3 Å². The number of thiazole rings is 1. The van der Waals surface area contributed by atoms with Gasteiger partial charge in [0.1, 0.15) is 28.9 Å². The number of halogens is 2. The van der Waals surface area contributed by atoms with Crippen LogP contribution >= 0.6 is 22.9 Å². The highest BCUT2D eigenvalue weighted by Gasteiger charge is 2.11. The lowest BCUT2D eigenvalue weighted by Crippen LogP contribution is -2.23. The second-order valence-corrected chi connectivity index (χ2v) is 6.99. The van der Waals surface area contributed by atoms with Crippen molar-refractivity contribution in [1.82, 2.24) is 10.3 Å². The molecule has 0 spiro atoms. The summed E-state index contributed by atoms with van der Waals surface area (Å²) in [6.07, 6.45) is 0. The molecule has 0 aliphatic carbocycles. The van der Waals surface area contributed by atoms with Crippen molar-refractivity contribution in [2.24, 2.45) is 0 Å². The number of amides is 1. The van der Waals surface area contributed by atoms with Crippen LogP contribution in [0.2, 0.25) is 5.02 Å². The summed E-state index contributed by atoms with van der Waals surface area (Å²) < 4.78 is 18.8. The van der Waals surface area contributed by atoms with E-state index < -0.39 is 0 Å². The van der Waals surface area contributed by atoms with Crippen LogP contribution in [-0.2, 0) is 13.2 Å². The first kappa shape index (κ1) is 18.4. The number of benzene rings is 2. The zero-order chi connectivity index (χ0) is 18.5. The third kappa shape index (κ3) is 4.80. The second kappa shape index (κ2) is 8.29. The molecule has 0 unspecified atom stereocenters. The number of aryl methyl sites for hydroxylation is 1. The van der Waals surface area contributed by atoms with Crippen LogP contribution in [0, 0.1) is 12.7 Å². The first-order valence-electron chi connectivity index (χ1n) is 7.87. The number of carbonyl (C=O) groups excluding carboxylic acids is 1. The molecule has 0 saturated heterocycles. The highest BCUT2D eigenvalue weighted by molar-refractivity contribution is 7.09.